The quantitative estimate of drug-likeness (QED) is 0.585. The summed E-state index contributed by atoms with van der Waals surface area (Å²) in [6.07, 6.45) is 2.17. The molecular weight excluding hydrogens is 122 g/mol. The van der Waals surface area contributed by atoms with Gasteiger partial charge in [0.15, 0.2) is 0 Å². The summed E-state index contributed by atoms with van der Waals surface area (Å²) >= 11 is 0. The highest BCUT2D eigenvalue weighted by Gasteiger charge is 1.94. The van der Waals surface area contributed by atoms with Gasteiger partial charge >= 0.3 is 0 Å². The van der Waals surface area contributed by atoms with Crippen LogP contribution in [-0.2, 0) is 0 Å². The predicted octanol–water partition coefficient (Wildman–Crippen LogP) is 1.79. The Morgan fingerprint density at radius 1 is 1.50 bits per heavy atom. The van der Waals surface area contributed by atoms with E-state index >= 15 is 0 Å². The third-order valence-electron chi connectivity index (χ3n) is 1.33. The van der Waals surface area contributed by atoms with Gasteiger partial charge in [0.2, 0.25) is 0 Å². The van der Waals surface area contributed by atoms with Gasteiger partial charge in [-0.2, -0.15) is 0 Å². The molecular formula is C9H17N. The molecule has 1 atom stereocenters. The molecule has 0 saturated heterocycles. The predicted molar refractivity (Wildman–Crippen MR) is 45.8 cm³/mol. The maximum atomic E-state index is 3.36. The van der Waals surface area contributed by atoms with E-state index in [9.17, 15) is 0 Å². The van der Waals surface area contributed by atoms with Crippen molar-refractivity contribution in [2.75, 3.05) is 6.54 Å². The fourth-order valence-corrected chi connectivity index (χ4v) is 0.718. The van der Waals surface area contributed by atoms with Gasteiger partial charge in [-0.05, 0) is 26.8 Å². The standard InChI is InChI=1S/C9H17N/c1-4-6-7-9(3)10-8-5-2/h9-10H,5,7-8H2,1-3H3. The van der Waals surface area contributed by atoms with Crippen molar-refractivity contribution in [3.05, 3.63) is 0 Å². The van der Waals surface area contributed by atoms with Crippen molar-refractivity contribution in [2.24, 2.45) is 0 Å². The number of nitrogens with one attached hydrogen (secondary N) is 1. The van der Waals surface area contributed by atoms with E-state index in [1.807, 2.05) is 6.92 Å². The first-order valence-electron chi connectivity index (χ1n) is 3.94. The average Bonchev–Trinajstić information content (AvgIpc) is 1.97. The highest BCUT2D eigenvalue weighted by molar-refractivity contribution is 4.97. The van der Waals surface area contributed by atoms with Crippen molar-refractivity contribution in [1.29, 1.82) is 0 Å². The lowest BCUT2D eigenvalue weighted by Gasteiger charge is -2.08. The fraction of sp³-hybridized carbons (Fsp3) is 0.778. The van der Waals surface area contributed by atoms with Gasteiger partial charge in [0, 0.05) is 12.5 Å². The van der Waals surface area contributed by atoms with Crippen LogP contribution in [0.25, 0.3) is 0 Å². The summed E-state index contributed by atoms with van der Waals surface area (Å²) in [5, 5.41) is 3.36. The maximum absolute atomic E-state index is 3.36. The third-order valence-corrected chi connectivity index (χ3v) is 1.33. The summed E-state index contributed by atoms with van der Waals surface area (Å²) in [6.45, 7) is 7.32. The van der Waals surface area contributed by atoms with Crippen molar-refractivity contribution >= 4 is 0 Å². The third kappa shape index (κ3) is 5.65. The zero-order valence-corrected chi connectivity index (χ0v) is 7.20. The maximum Gasteiger partial charge on any atom is 0.0240 e. The Balaban J connectivity index is 3.21. The van der Waals surface area contributed by atoms with E-state index in [4.69, 9.17) is 0 Å². The molecule has 0 amide bonds. The molecule has 58 valence electrons. The normalized spacial score (nSPS) is 11.9. The van der Waals surface area contributed by atoms with Crippen LogP contribution in [0.5, 0.6) is 0 Å². The Bertz CT molecular complexity index is 118. The molecule has 0 aromatic rings. The lowest BCUT2D eigenvalue weighted by molar-refractivity contribution is 0.556. The van der Waals surface area contributed by atoms with Crippen LogP contribution < -0.4 is 5.32 Å². The Labute approximate surface area is 64.2 Å². The lowest BCUT2D eigenvalue weighted by Crippen LogP contribution is -2.25. The topological polar surface area (TPSA) is 12.0 Å². The second-order valence-electron chi connectivity index (χ2n) is 2.49. The summed E-state index contributed by atoms with van der Waals surface area (Å²) in [4.78, 5) is 0. The summed E-state index contributed by atoms with van der Waals surface area (Å²) in [5.41, 5.74) is 0. The molecule has 0 rings (SSSR count). The molecule has 0 aromatic carbocycles. The van der Waals surface area contributed by atoms with Gasteiger partial charge in [0.1, 0.15) is 0 Å². The zero-order chi connectivity index (χ0) is 7.82. The molecule has 0 saturated carbocycles. The molecule has 0 heterocycles. The molecule has 10 heavy (non-hydrogen) atoms. The van der Waals surface area contributed by atoms with Gasteiger partial charge in [-0.3, -0.25) is 0 Å². The molecule has 0 bridgehead atoms. The summed E-state index contributed by atoms with van der Waals surface area (Å²) in [7, 11) is 0. The van der Waals surface area contributed by atoms with Gasteiger partial charge in [0.05, 0.1) is 0 Å². The van der Waals surface area contributed by atoms with Crippen molar-refractivity contribution in [3.63, 3.8) is 0 Å². The SMILES string of the molecule is CC#CCC(C)NCCC. The number of rotatable bonds is 4. The van der Waals surface area contributed by atoms with Crippen LogP contribution in [0.4, 0.5) is 0 Å². The van der Waals surface area contributed by atoms with Crippen LogP contribution in [0.1, 0.15) is 33.6 Å². The van der Waals surface area contributed by atoms with Gasteiger partial charge in [-0.25, -0.2) is 0 Å². The molecule has 0 aliphatic heterocycles. The molecule has 1 N–H and O–H groups in total. The minimum absolute atomic E-state index is 0.549. The van der Waals surface area contributed by atoms with Crippen molar-refractivity contribution in [3.8, 4) is 11.8 Å². The van der Waals surface area contributed by atoms with E-state index in [-0.39, 0.29) is 0 Å². The molecule has 1 heteroatoms. The van der Waals surface area contributed by atoms with Crippen molar-refractivity contribution < 1.29 is 0 Å². The average molecular weight is 139 g/mol. The largest absolute Gasteiger partial charge is 0.313 e. The van der Waals surface area contributed by atoms with Crippen LogP contribution in [0.3, 0.4) is 0 Å². The Morgan fingerprint density at radius 2 is 2.20 bits per heavy atom. The van der Waals surface area contributed by atoms with Gasteiger partial charge in [-0.15, -0.1) is 11.8 Å². The highest BCUT2D eigenvalue weighted by atomic mass is 14.9. The smallest absolute Gasteiger partial charge is 0.0240 e. The summed E-state index contributed by atoms with van der Waals surface area (Å²) < 4.78 is 0. The van der Waals surface area contributed by atoms with E-state index < -0.39 is 0 Å². The summed E-state index contributed by atoms with van der Waals surface area (Å²) in [6, 6.07) is 0.549. The second-order valence-corrected chi connectivity index (χ2v) is 2.49. The van der Waals surface area contributed by atoms with E-state index in [1.165, 1.54) is 6.42 Å². The van der Waals surface area contributed by atoms with Crippen LogP contribution in [0, 0.1) is 11.8 Å². The van der Waals surface area contributed by atoms with E-state index in [0.29, 0.717) is 6.04 Å². The van der Waals surface area contributed by atoms with Gasteiger partial charge in [0.25, 0.3) is 0 Å². The van der Waals surface area contributed by atoms with Gasteiger partial charge < -0.3 is 5.32 Å². The zero-order valence-electron chi connectivity index (χ0n) is 7.20. The number of hydrogen-bond donors (Lipinski definition) is 1. The first-order valence-corrected chi connectivity index (χ1v) is 3.94. The second kappa shape index (κ2) is 6.64. The van der Waals surface area contributed by atoms with Crippen LogP contribution in [-0.4, -0.2) is 12.6 Å². The van der Waals surface area contributed by atoms with Crippen molar-refractivity contribution in [1.82, 2.24) is 5.32 Å². The Hall–Kier alpha value is -0.480. The summed E-state index contributed by atoms with van der Waals surface area (Å²) in [5.74, 6) is 5.93. The van der Waals surface area contributed by atoms with E-state index in [0.717, 1.165) is 13.0 Å². The highest BCUT2D eigenvalue weighted by Crippen LogP contribution is 1.87. The van der Waals surface area contributed by atoms with E-state index in [1.54, 1.807) is 0 Å². The molecule has 0 radical (unpaired) electrons. The van der Waals surface area contributed by atoms with Crippen LogP contribution in [0.15, 0.2) is 0 Å². The molecule has 1 nitrogen and oxygen atoms in total. The molecule has 0 aliphatic carbocycles. The monoisotopic (exact) mass is 139 g/mol. The Kier molecular flexibility index (Phi) is 6.32. The molecule has 0 fully saturated rings. The molecule has 0 aromatic heterocycles. The Morgan fingerprint density at radius 3 is 2.70 bits per heavy atom. The lowest BCUT2D eigenvalue weighted by atomic mass is 10.2. The van der Waals surface area contributed by atoms with Gasteiger partial charge in [-0.1, -0.05) is 6.92 Å². The fourth-order valence-electron chi connectivity index (χ4n) is 0.718. The minimum atomic E-state index is 0.549. The van der Waals surface area contributed by atoms with E-state index in [2.05, 4.69) is 31.0 Å². The molecule has 1 unspecified atom stereocenters. The van der Waals surface area contributed by atoms with Crippen LogP contribution >= 0.6 is 0 Å². The first-order chi connectivity index (χ1) is 4.81. The van der Waals surface area contributed by atoms with Crippen LogP contribution in [0.2, 0.25) is 0 Å². The van der Waals surface area contributed by atoms with Crippen molar-refractivity contribution in [2.45, 2.75) is 39.7 Å². The number of hydrogen-bond acceptors (Lipinski definition) is 1. The molecule has 0 aliphatic rings. The molecule has 0 spiro atoms. The first kappa shape index (κ1) is 9.52. The minimum Gasteiger partial charge on any atom is -0.313 e.